The van der Waals surface area contributed by atoms with Crippen molar-refractivity contribution in [2.75, 3.05) is 0 Å². The first-order chi connectivity index (χ1) is 10.9. The number of rotatable bonds is 6. The first-order valence-corrected chi connectivity index (χ1v) is 16.9. The van der Waals surface area contributed by atoms with Gasteiger partial charge in [0.25, 0.3) is 0 Å². The molecule has 0 aliphatic carbocycles. The molecular weight excluding hydrogens is 320 g/mol. The summed E-state index contributed by atoms with van der Waals surface area (Å²) in [7, 11) is 0. The molecule has 0 bridgehead atoms. The molecule has 0 saturated carbocycles. The van der Waals surface area contributed by atoms with E-state index in [0.29, 0.717) is 0 Å². The van der Waals surface area contributed by atoms with Crippen LogP contribution >= 0.6 is 0 Å². The third kappa shape index (κ3) is 0.106. The van der Waals surface area contributed by atoms with Gasteiger partial charge in [-0.3, -0.25) is 0 Å². The van der Waals surface area contributed by atoms with Gasteiger partial charge in [-0.25, -0.2) is 0 Å². The van der Waals surface area contributed by atoms with Gasteiger partial charge >= 0.3 is 132 Å². The molecule has 10 rings (SSSR count). The summed E-state index contributed by atoms with van der Waals surface area (Å²) < 4.78 is 6.22. The van der Waals surface area contributed by atoms with Crippen molar-refractivity contribution in [3.8, 4) is 0 Å². The van der Waals surface area contributed by atoms with E-state index < -0.39 is 6.51 Å². The molecule has 130 valence electrons. The summed E-state index contributed by atoms with van der Waals surface area (Å²) in [6, 6.07) is 0. The van der Waals surface area contributed by atoms with Gasteiger partial charge in [-0.15, -0.1) is 0 Å². The Kier molecular flexibility index (Phi) is 0.516. The van der Waals surface area contributed by atoms with Gasteiger partial charge in [0.05, 0.1) is 0 Å². The van der Waals surface area contributed by atoms with Crippen LogP contribution in [-0.2, 0) is 6.51 Å². The fourth-order valence-corrected chi connectivity index (χ4v) is 120. The van der Waals surface area contributed by atoms with E-state index >= 15 is 0 Å². The summed E-state index contributed by atoms with van der Waals surface area (Å²) in [4.78, 5) is 5.63. The molecule has 8 atom stereocenters. The number of fused-ring (bicyclic) bond motifs is 10. The van der Waals surface area contributed by atoms with Gasteiger partial charge in [-0.2, -0.15) is 0 Å². The van der Waals surface area contributed by atoms with Crippen LogP contribution in [0.15, 0.2) is 0 Å². The predicted molar refractivity (Wildman–Crippen MR) is 92.9 cm³/mol. The molecule has 0 nitrogen and oxygen atoms in total. The molecule has 0 amide bonds. The molecule has 8 unspecified atom stereocenters. The number of hydrogen-bond acceptors (Lipinski definition) is 0. The van der Waals surface area contributed by atoms with Crippen LogP contribution in [0.5, 0.6) is 0 Å². The van der Waals surface area contributed by atoms with E-state index in [9.17, 15) is 0 Å². The van der Waals surface area contributed by atoms with Crippen molar-refractivity contribution in [2.24, 2.45) is 0 Å². The maximum absolute atomic E-state index is 3.60. The van der Waals surface area contributed by atoms with E-state index in [-0.39, 0.29) is 0 Å². The minimum absolute atomic E-state index is 1.02. The average Bonchev–Trinajstić information content (AvgIpc) is 3.54. The molecular formula is C22H34Fe. The van der Waals surface area contributed by atoms with Crippen LogP contribution in [0.1, 0.15) is 80.1 Å². The Balaban J connectivity index is 1.66. The van der Waals surface area contributed by atoms with Crippen molar-refractivity contribution in [2.45, 2.75) is 125 Å². The molecule has 1 spiro atoms. The first kappa shape index (κ1) is 11.3. The van der Waals surface area contributed by atoms with Gasteiger partial charge in [-0.1, -0.05) is 0 Å². The zero-order chi connectivity index (χ0) is 15.9. The fourth-order valence-electron chi connectivity index (χ4n) is 27.0. The Hall–Kier alpha value is 0.519. The van der Waals surface area contributed by atoms with Gasteiger partial charge in [-0.05, 0) is 0 Å². The SMILES string of the molecule is CC[C]12[CH]3[C]4(CC)[C]5(CC)[CH]1[Fe]32451678[CH]2[CH]1[C]6(CC)[C]7(CC)[C]28CC. The predicted octanol–water partition coefficient (Wildman–Crippen LogP) is 8.06. The fraction of sp³-hybridized carbons (Fsp3) is 1.00. The molecule has 0 radical (unpaired) electrons. The molecule has 10 saturated heterocycles. The minimum atomic E-state index is -3.60. The summed E-state index contributed by atoms with van der Waals surface area (Å²) in [5, 5.41) is 0. The van der Waals surface area contributed by atoms with Crippen LogP contribution in [0, 0.1) is 0 Å². The van der Waals surface area contributed by atoms with E-state index in [4.69, 9.17) is 0 Å². The van der Waals surface area contributed by atoms with Crippen molar-refractivity contribution in [1.29, 1.82) is 0 Å². The Morgan fingerprint density at radius 2 is 1.00 bits per heavy atom. The molecule has 0 N–H and O–H groups in total. The van der Waals surface area contributed by atoms with Crippen molar-refractivity contribution in [3.63, 3.8) is 0 Å². The van der Waals surface area contributed by atoms with Gasteiger partial charge < -0.3 is 0 Å². The first-order valence-electron chi connectivity index (χ1n) is 11.1. The topological polar surface area (TPSA) is 0 Å². The Morgan fingerprint density at radius 1 is 0.565 bits per heavy atom. The molecule has 1 heteroatoms. The molecule has 23 heavy (non-hydrogen) atoms. The molecule has 0 aromatic carbocycles. The molecule has 10 aliphatic rings. The van der Waals surface area contributed by atoms with E-state index in [1.165, 1.54) is 19.3 Å². The maximum atomic E-state index is 2.69. The van der Waals surface area contributed by atoms with Crippen molar-refractivity contribution in [1.82, 2.24) is 0 Å². The quantitative estimate of drug-likeness (QED) is 0.423. The Bertz CT molecular complexity index is 1170. The third-order valence-electron chi connectivity index (χ3n) is 20.3. The normalized spacial score (nSPS) is 108. The molecule has 10 heterocycles. The second-order valence-corrected chi connectivity index (χ2v) is 35.7. The van der Waals surface area contributed by atoms with E-state index in [2.05, 4.69) is 41.5 Å². The zero-order valence-corrected chi connectivity index (χ0v) is 17.0. The number of hydrogen-bond donors (Lipinski definition) is 0. The summed E-state index contributed by atoms with van der Waals surface area (Å²) in [6.07, 6.45) is 9.81. The van der Waals surface area contributed by atoms with Gasteiger partial charge in [0.1, 0.15) is 0 Å². The standard InChI is InChI=1S/2C11H17.Fe/c1-4-9-7-10(5-2)11(6-3)8-9;1-4-9-7-8-10(5-2)11(9)6-3;/h2*7-8H,4-6H2,1-3H3;. The van der Waals surface area contributed by atoms with Crippen LogP contribution in [0.2, 0.25) is 45.1 Å². The summed E-state index contributed by atoms with van der Waals surface area (Å²) in [5.41, 5.74) is 0. The third-order valence-corrected chi connectivity index (χ3v) is 69.3. The van der Waals surface area contributed by atoms with E-state index in [1.54, 1.807) is 38.5 Å². The van der Waals surface area contributed by atoms with Crippen molar-refractivity contribution in [3.05, 3.63) is 0 Å². The second-order valence-electron chi connectivity index (χ2n) is 13.1. The summed E-state index contributed by atoms with van der Waals surface area (Å²) >= 11 is 0. The van der Waals surface area contributed by atoms with Crippen LogP contribution in [-0.4, -0.2) is 0 Å². The van der Waals surface area contributed by atoms with Crippen molar-refractivity contribution >= 4 is 0 Å². The van der Waals surface area contributed by atoms with Crippen LogP contribution in [0.4, 0.5) is 0 Å². The Labute approximate surface area is 131 Å². The summed E-state index contributed by atoms with van der Waals surface area (Å²) in [5.74, 6) is 0. The van der Waals surface area contributed by atoms with Crippen molar-refractivity contribution < 1.29 is 6.51 Å². The molecule has 10 fully saturated rings. The van der Waals surface area contributed by atoms with Gasteiger partial charge in [0, 0.05) is 0 Å². The van der Waals surface area contributed by atoms with E-state index in [1.807, 2.05) is 0 Å². The monoisotopic (exact) mass is 354 g/mol. The van der Waals surface area contributed by atoms with Crippen LogP contribution in [0.3, 0.4) is 0 Å². The van der Waals surface area contributed by atoms with Gasteiger partial charge in [0.15, 0.2) is 0 Å². The van der Waals surface area contributed by atoms with Gasteiger partial charge in [0.2, 0.25) is 0 Å². The summed E-state index contributed by atoms with van der Waals surface area (Å²) in [6.45, 7) is 12.5. The molecule has 10 aliphatic heterocycles. The Morgan fingerprint density at radius 3 is 1.30 bits per heavy atom. The average molecular weight is 354 g/mol. The zero-order valence-electron chi connectivity index (χ0n) is 15.9. The van der Waals surface area contributed by atoms with Crippen LogP contribution < -0.4 is 0 Å². The van der Waals surface area contributed by atoms with E-state index in [0.717, 1.165) is 25.9 Å². The molecule has 0 aromatic heterocycles. The second kappa shape index (κ2) is 1.05. The molecule has 0 aromatic rings. The van der Waals surface area contributed by atoms with Crippen LogP contribution in [0.25, 0.3) is 0 Å².